The standard InChI is InChI=1S/C13H17N3O/c1-8(2)9(3)12-11(13(14)17-16-12)10-4-6-15-7-5-10/h4-9H,14H2,1-3H3. The second kappa shape index (κ2) is 4.57. The molecule has 2 heterocycles. The van der Waals surface area contributed by atoms with Gasteiger partial charge in [-0.3, -0.25) is 4.98 Å². The molecule has 2 rings (SSSR count). The van der Waals surface area contributed by atoms with Gasteiger partial charge in [-0.1, -0.05) is 25.9 Å². The maximum absolute atomic E-state index is 5.86. The fourth-order valence-electron chi connectivity index (χ4n) is 1.75. The van der Waals surface area contributed by atoms with Gasteiger partial charge < -0.3 is 10.3 Å². The topological polar surface area (TPSA) is 64.9 Å². The molecule has 1 unspecified atom stereocenters. The van der Waals surface area contributed by atoms with Gasteiger partial charge in [-0.15, -0.1) is 0 Å². The van der Waals surface area contributed by atoms with Crippen molar-refractivity contribution in [1.82, 2.24) is 10.1 Å². The molecule has 1 atom stereocenters. The molecule has 0 aliphatic rings. The molecule has 4 nitrogen and oxygen atoms in total. The monoisotopic (exact) mass is 231 g/mol. The largest absolute Gasteiger partial charge is 0.367 e. The summed E-state index contributed by atoms with van der Waals surface area (Å²) < 4.78 is 5.13. The van der Waals surface area contributed by atoms with Crippen molar-refractivity contribution in [3.8, 4) is 11.1 Å². The molecule has 2 N–H and O–H groups in total. The van der Waals surface area contributed by atoms with Crippen LogP contribution in [0.2, 0.25) is 0 Å². The van der Waals surface area contributed by atoms with Gasteiger partial charge in [-0.25, -0.2) is 0 Å². The van der Waals surface area contributed by atoms with Gasteiger partial charge in [0.2, 0.25) is 5.88 Å². The Balaban J connectivity index is 2.51. The normalized spacial score (nSPS) is 12.9. The van der Waals surface area contributed by atoms with Crippen molar-refractivity contribution in [2.24, 2.45) is 5.92 Å². The van der Waals surface area contributed by atoms with E-state index in [2.05, 4.69) is 30.9 Å². The van der Waals surface area contributed by atoms with E-state index in [9.17, 15) is 0 Å². The molecule has 0 amide bonds. The summed E-state index contributed by atoms with van der Waals surface area (Å²) in [5.74, 6) is 1.16. The van der Waals surface area contributed by atoms with Crippen LogP contribution in [0.25, 0.3) is 11.1 Å². The molecule has 0 aliphatic carbocycles. The molecule has 17 heavy (non-hydrogen) atoms. The van der Waals surface area contributed by atoms with E-state index in [1.807, 2.05) is 12.1 Å². The molecular formula is C13H17N3O. The number of anilines is 1. The lowest BCUT2D eigenvalue weighted by molar-refractivity contribution is 0.407. The lowest BCUT2D eigenvalue weighted by Gasteiger charge is -2.13. The second-order valence-corrected chi connectivity index (χ2v) is 4.58. The molecule has 0 aliphatic heterocycles. The number of nitrogens with two attached hydrogens (primary N) is 1. The smallest absolute Gasteiger partial charge is 0.230 e. The van der Waals surface area contributed by atoms with Crippen LogP contribution in [0.3, 0.4) is 0 Å². The average Bonchev–Trinajstić information content (AvgIpc) is 2.71. The Hall–Kier alpha value is -1.84. The first-order chi connectivity index (χ1) is 8.11. The molecule has 0 saturated carbocycles. The summed E-state index contributed by atoms with van der Waals surface area (Å²) in [6, 6.07) is 3.83. The van der Waals surface area contributed by atoms with Gasteiger partial charge >= 0.3 is 0 Å². The molecule has 0 aromatic carbocycles. The fraction of sp³-hybridized carbons (Fsp3) is 0.385. The van der Waals surface area contributed by atoms with Gasteiger partial charge in [0.25, 0.3) is 0 Å². The highest BCUT2D eigenvalue weighted by molar-refractivity contribution is 5.75. The fourth-order valence-corrected chi connectivity index (χ4v) is 1.75. The first-order valence-corrected chi connectivity index (χ1v) is 5.76. The highest BCUT2D eigenvalue weighted by Crippen LogP contribution is 2.36. The molecular weight excluding hydrogens is 214 g/mol. The average molecular weight is 231 g/mol. The third-order valence-corrected chi connectivity index (χ3v) is 3.15. The van der Waals surface area contributed by atoms with E-state index in [-0.39, 0.29) is 0 Å². The van der Waals surface area contributed by atoms with Crippen LogP contribution in [0.4, 0.5) is 5.88 Å². The van der Waals surface area contributed by atoms with Crippen molar-refractivity contribution in [3.05, 3.63) is 30.2 Å². The molecule has 0 spiro atoms. The van der Waals surface area contributed by atoms with E-state index >= 15 is 0 Å². The first-order valence-electron chi connectivity index (χ1n) is 5.76. The van der Waals surface area contributed by atoms with Crippen LogP contribution < -0.4 is 5.73 Å². The van der Waals surface area contributed by atoms with Crippen molar-refractivity contribution >= 4 is 5.88 Å². The van der Waals surface area contributed by atoms with Crippen LogP contribution >= 0.6 is 0 Å². The van der Waals surface area contributed by atoms with Crippen LogP contribution in [-0.4, -0.2) is 10.1 Å². The van der Waals surface area contributed by atoms with Gasteiger partial charge in [-0.05, 0) is 23.6 Å². The number of aromatic nitrogens is 2. The highest BCUT2D eigenvalue weighted by Gasteiger charge is 2.22. The van der Waals surface area contributed by atoms with Crippen molar-refractivity contribution in [3.63, 3.8) is 0 Å². The van der Waals surface area contributed by atoms with Crippen LogP contribution in [-0.2, 0) is 0 Å². The van der Waals surface area contributed by atoms with Gasteiger partial charge in [0, 0.05) is 18.3 Å². The number of nitrogens with zero attached hydrogens (tertiary/aromatic N) is 2. The minimum Gasteiger partial charge on any atom is -0.367 e. The SMILES string of the molecule is CC(C)C(C)c1noc(N)c1-c1ccncc1. The molecule has 4 heteroatoms. The molecule has 0 saturated heterocycles. The molecule has 90 valence electrons. The summed E-state index contributed by atoms with van der Waals surface area (Å²) in [6.45, 7) is 6.45. The number of nitrogen functional groups attached to an aromatic ring is 1. The van der Waals surface area contributed by atoms with Crippen molar-refractivity contribution in [1.29, 1.82) is 0 Å². The Morgan fingerprint density at radius 3 is 2.41 bits per heavy atom. The van der Waals surface area contributed by atoms with Crippen LogP contribution in [0.15, 0.2) is 29.0 Å². The van der Waals surface area contributed by atoms with Crippen LogP contribution in [0.5, 0.6) is 0 Å². The third-order valence-electron chi connectivity index (χ3n) is 3.15. The number of hydrogen-bond acceptors (Lipinski definition) is 4. The maximum Gasteiger partial charge on any atom is 0.230 e. The van der Waals surface area contributed by atoms with E-state index in [0.717, 1.165) is 16.8 Å². The summed E-state index contributed by atoms with van der Waals surface area (Å²) in [4.78, 5) is 4.00. The van der Waals surface area contributed by atoms with E-state index < -0.39 is 0 Å². The predicted molar refractivity (Wildman–Crippen MR) is 67.4 cm³/mol. The van der Waals surface area contributed by atoms with E-state index in [1.165, 1.54) is 0 Å². The third kappa shape index (κ3) is 2.16. The summed E-state index contributed by atoms with van der Waals surface area (Å²) in [5, 5.41) is 4.09. The summed E-state index contributed by atoms with van der Waals surface area (Å²) in [5.41, 5.74) is 8.68. The summed E-state index contributed by atoms with van der Waals surface area (Å²) >= 11 is 0. The lowest BCUT2D eigenvalue weighted by atomic mass is 9.90. The lowest BCUT2D eigenvalue weighted by Crippen LogP contribution is -2.04. The molecule has 2 aromatic heterocycles. The van der Waals surface area contributed by atoms with Crippen LogP contribution in [0, 0.1) is 5.92 Å². The summed E-state index contributed by atoms with van der Waals surface area (Å²) in [6.07, 6.45) is 3.48. The van der Waals surface area contributed by atoms with Crippen molar-refractivity contribution < 1.29 is 4.52 Å². The Morgan fingerprint density at radius 1 is 1.18 bits per heavy atom. The highest BCUT2D eigenvalue weighted by atomic mass is 16.5. The zero-order valence-corrected chi connectivity index (χ0v) is 10.3. The first kappa shape index (κ1) is 11.6. The summed E-state index contributed by atoms with van der Waals surface area (Å²) in [7, 11) is 0. The number of hydrogen-bond donors (Lipinski definition) is 1. The number of rotatable bonds is 3. The molecule has 0 bridgehead atoms. The van der Waals surface area contributed by atoms with E-state index in [0.29, 0.717) is 17.7 Å². The molecule has 0 radical (unpaired) electrons. The number of pyridine rings is 1. The van der Waals surface area contributed by atoms with E-state index in [4.69, 9.17) is 10.3 Å². The van der Waals surface area contributed by atoms with Gasteiger partial charge in [0.15, 0.2) is 0 Å². The zero-order chi connectivity index (χ0) is 12.4. The van der Waals surface area contributed by atoms with Crippen molar-refractivity contribution in [2.45, 2.75) is 26.7 Å². The minimum atomic E-state index is 0.305. The zero-order valence-electron chi connectivity index (χ0n) is 10.3. The maximum atomic E-state index is 5.86. The Kier molecular flexibility index (Phi) is 3.13. The predicted octanol–water partition coefficient (Wildman–Crippen LogP) is 3.08. The molecule has 0 fully saturated rings. The van der Waals surface area contributed by atoms with Crippen molar-refractivity contribution in [2.75, 3.05) is 5.73 Å². The Morgan fingerprint density at radius 2 is 1.82 bits per heavy atom. The quantitative estimate of drug-likeness (QED) is 0.881. The Labute approximate surface area is 101 Å². The van der Waals surface area contributed by atoms with Gasteiger partial charge in [0.05, 0.1) is 11.3 Å². The van der Waals surface area contributed by atoms with Gasteiger partial charge in [-0.2, -0.15) is 0 Å². The minimum absolute atomic E-state index is 0.305. The van der Waals surface area contributed by atoms with Crippen LogP contribution in [0.1, 0.15) is 32.4 Å². The second-order valence-electron chi connectivity index (χ2n) is 4.58. The molecule has 2 aromatic rings. The van der Waals surface area contributed by atoms with Gasteiger partial charge in [0.1, 0.15) is 0 Å². The Bertz CT molecular complexity index is 491. The van der Waals surface area contributed by atoms with E-state index in [1.54, 1.807) is 12.4 Å².